The summed E-state index contributed by atoms with van der Waals surface area (Å²) in [5, 5.41) is 8.46. The lowest BCUT2D eigenvalue weighted by atomic mass is 10.1. The van der Waals surface area contributed by atoms with Gasteiger partial charge in [0, 0.05) is 28.7 Å². The molecule has 3 aromatic carbocycles. The van der Waals surface area contributed by atoms with Gasteiger partial charge in [0.2, 0.25) is 0 Å². The van der Waals surface area contributed by atoms with Crippen LogP contribution in [0.5, 0.6) is 0 Å². The zero-order chi connectivity index (χ0) is 25.0. The standard InChI is InChI=1S/C26H22F3N5O/c1-16-6-9-22(12-17(16)2)34-25(35)33-20-10-7-18(8-11-20)23-14-24(31-15-30-23)32-21-5-3-4-19(13-21)26(27,28)29/h3-15H,1-2H3,(H,30,31,32)(H2,33,34,35). The van der Waals surface area contributed by atoms with Crippen LogP contribution in [0.15, 0.2) is 79.1 Å². The summed E-state index contributed by atoms with van der Waals surface area (Å²) in [7, 11) is 0. The summed E-state index contributed by atoms with van der Waals surface area (Å²) >= 11 is 0. The molecule has 0 saturated heterocycles. The van der Waals surface area contributed by atoms with E-state index >= 15 is 0 Å². The van der Waals surface area contributed by atoms with Gasteiger partial charge in [-0.05, 0) is 67.4 Å². The molecule has 0 saturated carbocycles. The number of anilines is 4. The van der Waals surface area contributed by atoms with Gasteiger partial charge in [0.15, 0.2) is 0 Å². The van der Waals surface area contributed by atoms with Gasteiger partial charge >= 0.3 is 12.2 Å². The lowest BCUT2D eigenvalue weighted by Crippen LogP contribution is -2.19. The molecule has 9 heteroatoms. The molecule has 35 heavy (non-hydrogen) atoms. The molecule has 3 N–H and O–H groups in total. The van der Waals surface area contributed by atoms with Crippen molar-refractivity contribution in [2.24, 2.45) is 0 Å². The summed E-state index contributed by atoms with van der Waals surface area (Å²) in [6.45, 7) is 3.98. The number of amides is 2. The van der Waals surface area contributed by atoms with Crippen LogP contribution >= 0.6 is 0 Å². The van der Waals surface area contributed by atoms with E-state index in [1.165, 1.54) is 18.5 Å². The van der Waals surface area contributed by atoms with Crippen LogP contribution in [0.4, 0.5) is 40.8 Å². The summed E-state index contributed by atoms with van der Waals surface area (Å²) < 4.78 is 38.9. The highest BCUT2D eigenvalue weighted by Gasteiger charge is 2.30. The van der Waals surface area contributed by atoms with E-state index < -0.39 is 11.7 Å². The quantitative estimate of drug-likeness (QED) is 0.285. The Morgan fingerprint density at radius 3 is 2.20 bits per heavy atom. The number of urea groups is 1. The monoisotopic (exact) mass is 477 g/mol. The molecule has 1 aromatic heterocycles. The molecule has 0 aliphatic rings. The van der Waals surface area contributed by atoms with Crippen molar-refractivity contribution in [3.8, 4) is 11.3 Å². The third kappa shape index (κ3) is 6.14. The van der Waals surface area contributed by atoms with E-state index in [1.54, 1.807) is 30.3 Å². The highest BCUT2D eigenvalue weighted by Crippen LogP contribution is 2.31. The van der Waals surface area contributed by atoms with E-state index in [2.05, 4.69) is 25.9 Å². The number of hydrogen-bond acceptors (Lipinski definition) is 4. The van der Waals surface area contributed by atoms with Crippen LogP contribution in [0, 0.1) is 13.8 Å². The maximum Gasteiger partial charge on any atom is 0.416 e. The molecule has 0 fully saturated rings. The van der Waals surface area contributed by atoms with Gasteiger partial charge < -0.3 is 16.0 Å². The van der Waals surface area contributed by atoms with Crippen LogP contribution in [0.25, 0.3) is 11.3 Å². The molecule has 0 unspecified atom stereocenters. The molecular formula is C26H22F3N5O. The molecule has 0 radical (unpaired) electrons. The number of nitrogens with zero attached hydrogens (tertiary/aromatic N) is 2. The molecule has 0 bridgehead atoms. The third-order valence-electron chi connectivity index (χ3n) is 5.33. The Balaban J connectivity index is 1.42. The summed E-state index contributed by atoms with van der Waals surface area (Å²) in [6, 6.07) is 18.9. The number of aromatic nitrogens is 2. The molecule has 4 aromatic rings. The molecule has 0 aliphatic heterocycles. The summed E-state index contributed by atoms with van der Waals surface area (Å²) in [6.07, 6.45) is -3.10. The van der Waals surface area contributed by atoms with E-state index in [9.17, 15) is 18.0 Å². The van der Waals surface area contributed by atoms with Crippen molar-refractivity contribution < 1.29 is 18.0 Å². The molecular weight excluding hydrogens is 455 g/mol. The minimum absolute atomic E-state index is 0.263. The Bertz CT molecular complexity index is 1350. The van der Waals surface area contributed by atoms with E-state index in [0.717, 1.165) is 28.8 Å². The first kappa shape index (κ1) is 23.7. The Morgan fingerprint density at radius 2 is 1.49 bits per heavy atom. The van der Waals surface area contributed by atoms with Crippen LogP contribution in [-0.2, 0) is 6.18 Å². The van der Waals surface area contributed by atoms with Crippen LogP contribution in [0.1, 0.15) is 16.7 Å². The summed E-state index contributed by atoms with van der Waals surface area (Å²) in [4.78, 5) is 20.6. The average Bonchev–Trinajstić information content (AvgIpc) is 2.82. The van der Waals surface area contributed by atoms with Crippen molar-refractivity contribution >= 4 is 28.9 Å². The average molecular weight is 477 g/mol. The maximum atomic E-state index is 13.0. The van der Waals surface area contributed by atoms with Crippen molar-refractivity contribution in [1.29, 1.82) is 0 Å². The van der Waals surface area contributed by atoms with Gasteiger partial charge in [0.05, 0.1) is 11.3 Å². The van der Waals surface area contributed by atoms with Gasteiger partial charge in [-0.3, -0.25) is 0 Å². The fraction of sp³-hybridized carbons (Fsp3) is 0.115. The zero-order valence-corrected chi connectivity index (χ0v) is 18.9. The highest BCUT2D eigenvalue weighted by molar-refractivity contribution is 5.99. The molecule has 0 spiro atoms. The number of benzene rings is 3. The van der Waals surface area contributed by atoms with Gasteiger partial charge in [-0.15, -0.1) is 0 Å². The van der Waals surface area contributed by atoms with Crippen LogP contribution in [-0.4, -0.2) is 16.0 Å². The van der Waals surface area contributed by atoms with Gasteiger partial charge in [-0.1, -0.05) is 24.3 Å². The number of carbonyl (C=O) groups is 1. The molecule has 6 nitrogen and oxygen atoms in total. The van der Waals surface area contributed by atoms with Gasteiger partial charge in [-0.2, -0.15) is 13.2 Å². The van der Waals surface area contributed by atoms with E-state index in [1.807, 2.05) is 32.0 Å². The fourth-order valence-electron chi connectivity index (χ4n) is 3.34. The van der Waals surface area contributed by atoms with E-state index in [0.29, 0.717) is 22.9 Å². The smallest absolute Gasteiger partial charge is 0.340 e. The fourth-order valence-corrected chi connectivity index (χ4v) is 3.34. The van der Waals surface area contributed by atoms with Crippen molar-refractivity contribution in [3.05, 3.63) is 95.8 Å². The van der Waals surface area contributed by atoms with Crippen molar-refractivity contribution in [2.45, 2.75) is 20.0 Å². The molecule has 0 atom stereocenters. The minimum atomic E-state index is -4.43. The van der Waals surface area contributed by atoms with Gasteiger partial charge in [-0.25, -0.2) is 14.8 Å². The number of halogens is 3. The summed E-state index contributed by atoms with van der Waals surface area (Å²) in [5.74, 6) is 0.351. The van der Waals surface area contributed by atoms with Crippen molar-refractivity contribution in [1.82, 2.24) is 9.97 Å². The van der Waals surface area contributed by atoms with E-state index in [4.69, 9.17) is 0 Å². The maximum absolute atomic E-state index is 13.0. The largest absolute Gasteiger partial charge is 0.416 e. The SMILES string of the molecule is Cc1ccc(NC(=O)Nc2ccc(-c3cc(Nc4cccc(C(F)(F)F)c4)ncn3)cc2)cc1C. The Hall–Kier alpha value is -4.40. The van der Waals surface area contributed by atoms with Gasteiger partial charge in [0.25, 0.3) is 0 Å². The molecule has 4 rings (SSSR count). The minimum Gasteiger partial charge on any atom is -0.340 e. The van der Waals surface area contributed by atoms with Crippen molar-refractivity contribution in [3.63, 3.8) is 0 Å². The van der Waals surface area contributed by atoms with E-state index in [-0.39, 0.29) is 11.7 Å². The topological polar surface area (TPSA) is 78.9 Å². The second kappa shape index (κ2) is 9.84. The predicted molar refractivity (Wildman–Crippen MR) is 131 cm³/mol. The van der Waals surface area contributed by atoms with Gasteiger partial charge in [0.1, 0.15) is 12.1 Å². The predicted octanol–water partition coefficient (Wildman–Crippen LogP) is 7.17. The number of aryl methyl sites for hydroxylation is 2. The molecule has 1 heterocycles. The molecule has 0 aliphatic carbocycles. The first-order valence-corrected chi connectivity index (χ1v) is 10.7. The van der Waals surface area contributed by atoms with Crippen LogP contribution in [0.3, 0.4) is 0 Å². The van der Waals surface area contributed by atoms with Crippen LogP contribution < -0.4 is 16.0 Å². The number of carbonyl (C=O) groups excluding carboxylic acids is 1. The number of alkyl halides is 3. The Kier molecular flexibility index (Phi) is 6.68. The highest BCUT2D eigenvalue weighted by atomic mass is 19.4. The first-order valence-electron chi connectivity index (χ1n) is 10.7. The molecule has 178 valence electrons. The number of nitrogens with one attached hydrogen (secondary N) is 3. The Labute approximate surface area is 200 Å². The lowest BCUT2D eigenvalue weighted by molar-refractivity contribution is -0.137. The zero-order valence-electron chi connectivity index (χ0n) is 18.9. The van der Waals surface area contributed by atoms with Crippen LogP contribution in [0.2, 0.25) is 0 Å². The number of rotatable bonds is 5. The Morgan fingerprint density at radius 1 is 0.771 bits per heavy atom. The normalized spacial score (nSPS) is 11.1. The second-order valence-corrected chi connectivity index (χ2v) is 7.95. The molecule has 2 amide bonds. The second-order valence-electron chi connectivity index (χ2n) is 7.95. The number of hydrogen-bond donors (Lipinski definition) is 3. The lowest BCUT2D eigenvalue weighted by Gasteiger charge is -2.11. The first-order chi connectivity index (χ1) is 16.7. The summed E-state index contributed by atoms with van der Waals surface area (Å²) in [5.41, 5.74) is 4.35. The third-order valence-corrected chi connectivity index (χ3v) is 5.33. The van der Waals surface area contributed by atoms with Crippen molar-refractivity contribution in [2.75, 3.05) is 16.0 Å².